The molecule has 0 saturated heterocycles. The predicted octanol–water partition coefficient (Wildman–Crippen LogP) is 3.78. The van der Waals surface area contributed by atoms with Crippen LogP contribution in [0.3, 0.4) is 0 Å². The van der Waals surface area contributed by atoms with Crippen LogP contribution in [0, 0.1) is 6.92 Å². The van der Waals surface area contributed by atoms with E-state index < -0.39 is 0 Å². The molecule has 4 heteroatoms. The van der Waals surface area contributed by atoms with Crippen molar-refractivity contribution in [3.63, 3.8) is 0 Å². The Balaban J connectivity index is 2.33. The van der Waals surface area contributed by atoms with E-state index >= 15 is 0 Å². The van der Waals surface area contributed by atoms with Crippen LogP contribution in [0.2, 0.25) is 5.02 Å². The van der Waals surface area contributed by atoms with Gasteiger partial charge in [-0.15, -0.1) is 0 Å². The van der Waals surface area contributed by atoms with Gasteiger partial charge in [-0.05, 0) is 36.2 Å². The van der Waals surface area contributed by atoms with E-state index in [1.165, 1.54) is 0 Å². The zero-order valence-electron chi connectivity index (χ0n) is 10.8. The second kappa shape index (κ2) is 4.28. The fraction of sp³-hybridized carbons (Fsp3) is 0.133. The number of nitrogen functional groups attached to an aromatic ring is 1. The topological polar surface area (TPSA) is 43.8 Å². The minimum Gasteiger partial charge on any atom is -0.383 e. The van der Waals surface area contributed by atoms with E-state index in [4.69, 9.17) is 17.3 Å². The molecule has 0 atom stereocenters. The summed E-state index contributed by atoms with van der Waals surface area (Å²) < 4.78 is 1.71. The molecule has 0 aliphatic carbocycles. The molecular formula is C15H14ClN3. The molecule has 19 heavy (non-hydrogen) atoms. The summed E-state index contributed by atoms with van der Waals surface area (Å²) in [5.41, 5.74) is 10.3. The van der Waals surface area contributed by atoms with E-state index in [1.807, 2.05) is 44.3 Å². The number of benzene rings is 2. The Kier molecular flexibility index (Phi) is 2.72. The minimum atomic E-state index is 0.684. The van der Waals surface area contributed by atoms with E-state index in [1.54, 1.807) is 4.68 Å². The summed E-state index contributed by atoms with van der Waals surface area (Å²) in [5, 5.41) is 6.24. The standard InChI is InChI=1S/C15H14ClN3/c1-9-8-10(16)6-7-11(9)12-4-3-5-13-14(12)18-19(2)15(13)17/h3-8H,17H2,1-2H3. The molecule has 0 fully saturated rings. The summed E-state index contributed by atoms with van der Waals surface area (Å²) in [4.78, 5) is 0. The highest BCUT2D eigenvalue weighted by Crippen LogP contribution is 2.33. The zero-order valence-corrected chi connectivity index (χ0v) is 11.6. The van der Waals surface area contributed by atoms with E-state index in [-0.39, 0.29) is 0 Å². The molecule has 0 bridgehead atoms. The number of halogens is 1. The molecule has 3 rings (SSSR count). The minimum absolute atomic E-state index is 0.684. The van der Waals surface area contributed by atoms with Gasteiger partial charge in [0.05, 0.1) is 0 Å². The summed E-state index contributed by atoms with van der Waals surface area (Å²) in [5.74, 6) is 0.684. The SMILES string of the molecule is Cc1cc(Cl)ccc1-c1cccc2c(N)n(C)nc12. The van der Waals surface area contributed by atoms with Gasteiger partial charge >= 0.3 is 0 Å². The first-order chi connectivity index (χ1) is 9.08. The normalized spacial score (nSPS) is 11.1. The van der Waals surface area contributed by atoms with Crippen molar-refractivity contribution in [3.8, 4) is 11.1 Å². The van der Waals surface area contributed by atoms with Gasteiger partial charge in [-0.1, -0.05) is 29.8 Å². The fourth-order valence-electron chi connectivity index (χ4n) is 2.38. The highest BCUT2D eigenvalue weighted by Gasteiger charge is 2.12. The number of rotatable bonds is 1. The monoisotopic (exact) mass is 271 g/mol. The lowest BCUT2D eigenvalue weighted by molar-refractivity contribution is 0.791. The third-order valence-corrected chi connectivity index (χ3v) is 3.62. The second-order valence-electron chi connectivity index (χ2n) is 4.67. The van der Waals surface area contributed by atoms with Crippen molar-refractivity contribution in [2.45, 2.75) is 6.92 Å². The van der Waals surface area contributed by atoms with Gasteiger partial charge in [0, 0.05) is 23.0 Å². The number of fused-ring (bicyclic) bond motifs is 1. The lowest BCUT2D eigenvalue weighted by atomic mass is 9.99. The van der Waals surface area contributed by atoms with Crippen molar-refractivity contribution in [2.24, 2.45) is 7.05 Å². The lowest BCUT2D eigenvalue weighted by Crippen LogP contribution is -1.96. The molecule has 0 amide bonds. The smallest absolute Gasteiger partial charge is 0.129 e. The van der Waals surface area contributed by atoms with Crippen molar-refractivity contribution in [3.05, 3.63) is 47.0 Å². The zero-order chi connectivity index (χ0) is 13.6. The van der Waals surface area contributed by atoms with Gasteiger partial charge in [0.15, 0.2) is 0 Å². The second-order valence-corrected chi connectivity index (χ2v) is 5.11. The summed E-state index contributed by atoms with van der Waals surface area (Å²) in [6.45, 7) is 2.05. The van der Waals surface area contributed by atoms with E-state index in [0.717, 1.165) is 32.6 Å². The molecule has 96 valence electrons. The van der Waals surface area contributed by atoms with Crippen molar-refractivity contribution in [2.75, 3.05) is 5.73 Å². The Labute approximate surface area is 116 Å². The predicted molar refractivity (Wildman–Crippen MR) is 80.3 cm³/mol. The molecule has 0 saturated carbocycles. The number of hydrogen-bond donors (Lipinski definition) is 1. The number of nitrogens with zero attached hydrogens (tertiary/aromatic N) is 2. The fourth-order valence-corrected chi connectivity index (χ4v) is 2.61. The van der Waals surface area contributed by atoms with Gasteiger partial charge in [0.1, 0.15) is 11.3 Å². The molecule has 1 aromatic heterocycles. The van der Waals surface area contributed by atoms with E-state index in [9.17, 15) is 0 Å². The van der Waals surface area contributed by atoms with Crippen LogP contribution in [-0.4, -0.2) is 9.78 Å². The van der Waals surface area contributed by atoms with Gasteiger partial charge in [0.2, 0.25) is 0 Å². The van der Waals surface area contributed by atoms with Crippen LogP contribution >= 0.6 is 11.6 Å². The quantitative estimate of drug-likeness (QED) is 0.732. The maximum atomic E-state index is 6.03. The summed E-state index contributed by atoms with van der Waals surface area (Å²) >= 11 is 6.01. The Morgan fingerprint density at radius 2 is 1.95 bits per heavy atom. The lowest BCUT2D eigenvalue weighted by Gasteiger charge is -2.07. The Morgan fingerprint density at radius 3 is 2.68 bits per heavy atom. The Bertz CT molecular complexity index is 774. The van der Waals surface area contributed by atoms with Crippen LogP contribution in [0.5, 0.6) is 0 Å². The van der Waals surface area contributed by atoms with Crippen molar-refractivity contribution in [1.29, 1.82) is 0 Å². The van der Waals surface area contributed by atoms with Gasteiger partial charge in [-0.2, -0.15) is 5.10 Å². The van der Waals surface area contributed by atoms with Gasteiger partial charge < -0.3 is 5.73 Å². The Morgan fingerprint density at radius 1 is 1.16 bits per heavy atom. The largest absolute Gasteiger partial charge is 0.383 e. The number of hydrogen-bond acceptors (Lipinski definition) is 2. The van der Waals surface area contributed by atoms with Crippen LogP contribution in [-0.2, 0) is 7.05 Å². The highest BCUT2D eigenvalue weighted by molar-refractivity contribution is 6.30. The first-order valence-electron chi connectivity index (χ1n) is 6.05. The maximum Gasteiger partial charge on any atom is 0.129 e. The number of aromatic nitrogens is 2. The third kappa shape index (κ3) is 1.87. The molecule has 0 unspecified atom stereocenters. The van der Waals surface area contributed by atoms with Gasteiger partial charge in [0.25, 0.3) is 0 Å². The molecule has 3 aromatic rings. The molecule has 1 heterocycles. The van der Waals surface area contributed by atoms with Crippen LogP contribution < -0.4 is 5.73 Å². The summed E-state index contributed by atoms with van der Waals surface area (Å²) in [6.07, 6.45) is 0. The van der Waals surface area contributed by atoms with Gasteiger partial charge in [-0.3, -0.25) is 4.68 Å². The number of nitrogens with two attached hydrogens (primary N) is 1. The van der Waals surface area contributed by atoms with Gasteiger partial charge in [-0.25, -0.2) is 0 Å². The van der Waals surface area contributed by atoms with Crippen molar-refractivity contribution < 1.29 is 0 Å². The third-order valence-electron chi connectivity index (χ3n) is 3.39. The molecule has 0 radical (unpaired) electrons. The average Bonchev–Trinajstić information content (AvgIpc) is 2.66. The first-order valence-corrected chi connectivity index (χ1v) is 6.43. The highest BCUT2D eigenvalue weighted by atomic mass is 35.5. The number of anilines is 1. The van der Waals surface area contributed by atoms with Crippen molar-refractivity contribution >= 4 is 28.3 Å². The molecular weight excluding hydrogens is 258 g/mol. The maximum absolute atomic E-state index is 6.03. The molecule has 2 aromatic carbocycles. The first kappa shape index (κ1) is 12.1. The van der Waals surface area contributed by atoms with E-state index in [0.29, 0.717) is 5.82 Å². The number of aryl methyl sites for hydroxylation is 2. The average molecular weight is 272 g/mol. The van der Waals surface area contributed by atoms with Crippen LogP contribution in [0.4, 0.5) is 5.82 Å². The van der Waals surface area contributed by atoms with Crippen LogP contribution in [0.15, 0.2) is 36.4 Å². The molecule has 0 aliphatic heterocycles. The van der Waals surface area contributed by atoms with Crippen LogP contribution in [0.1, 0.15) is 5.56 Å². The molecule has 3 nitrogen and oxygen atoms in total. The Hall–Kier alpha value is -2.00. The molecule has 0 spiro atoms. The van der Waals surface area contributed by atoms with Crippen molar-refractivity contribution in [1.82, 2.24) is 9.78 Å². The molecule has 2 N–H and O–H groups in total. The molecule has 0 aliphatic rings. The summed E-state index contributed by atoms with van der Waals surface area (Å²) in [7, 11) is 1.85. The van der Waals surface area contributed by atoms with Crippen LogP contribution in [0.25, 0.3) is 22.0 Å². The van der Waals surface area contributed by atoms with E-state index in [2.05, 4.69) is 11.2 Å². The summed E-state index contributed by atoms with van der Waals surface area (Å²) in [6, 6.07) is 11.9.